The molecule has 0 aromatic carbocycles. The number of hydrogen-bond donors (Lipinski definition) is 1. The van der Waals surface area contributed by atoms with Crippen molar-refractivity contribution in [3.8, 4) is 0 Å². The van der Waals surface area contributed by atoms with Crippen LogP contribution in [-0.2, 0) is 4.79 Å². The molecule has 1 N–H and O–H groups in total. The summed E-state index contributed by atoms with van der Waals surface area (Å²) in [6.07, 6.45) is 20.7. The molecule has 1 amide bonds. The molecule has 2 saturated heterocycles. The minimum Gasteiger partial charge on any atom is -0.356 e. The predicted octanol–water partition coefficient (Wildman–Crippen LogP) is 7.70. The fourth-order valence-electron chi connectivity index (χ4n) is 6.58. The molecule has 0 aromatic heterocycles. The fourth-order valence-corrected chi connectivity index (χ4v) is 9.61. The third-order valence-electron chi connectivity index (χ3n) is 9.48. The van der Waals surface area contributed by atoms with E-state index in [1.54, 1.807) is 0 Å². The van der Waals surface area contributed by atoms with E-state index in [1.165, 1.54) is 102 Å². The summed E-state index contributed by atoms with van der Waals surface area (Å²) in [6, 6.07) is 0. The Hall–Kier alpha value is 0.130. The van der Waals surface area contributed by atoms with E-state index in [0.717, 1.165) is 37.0 Å². The maximum absolute atomic E-state index is 12.1. The summed E-state index contributed by atoms with van der Waals surface area (Å²) in [5.74, 6) is 2.49. The van der Waals surface area contributed by atoms with Crippen molar-refractivity contribution >= 4 is 27.5 Å². The van der Waals surface area contributed by atoms with Crippen molar-refractivity contribution in [2.45, 2.75) is 122 Å². The molecule has 3 rings (SSSR count). The first-order valence-corrected chi connectivity index (χ1v) is 16.5. The smallest absolute Gasteiger partial charge is 0.219 e. The monoisotopic (exact) mass is 496 g/mol. The molecule has 33 heavy (non-hydrogen) atoms. The molecule has 0 radical (unpaired) electrons. The van der Waals surface area contributed by atoms with E-state index in [9.17, 15) is 4.79 Å². The second-order valence-corrected chi connectivity index (χ2v) is 14.8. The molecule has 0 aromatic rings. The first-order valence-electron chi connectivity index (χ1n) is 14.1. The Morgan fingerprint density at radius 1 is 0.909 bits per heavy atom. The summed E-state index contributed by atoms with van der Waals surface area (Å²) in [6.45, 7) is 8.67. The Morgan fingerprint density at radius 2 is 1.70 bits per heavy atom. The van der Waals surface area contributed by atoms with Gasteiger partial charge in [0.15, 0.2) is 0 Å². The zero-order valence-electron chi connectivity index (χ0n) is 22.0. The number of likely N-dealkylation sites (tertiary alicyclic amines) is 1. The van der Waals surface area contributed by atoms with Crippen LogP contribution in [0.4, 0.5) is 0 Å². The van der Waals surface area contributed by atoms with Gasteiger partial charge in [-0.05, 0) is 101 Å². The molecular weight excluding hydrogens is 444 g/mol. The van der Waals surface area contributed by atoms with Crippen LogP contribution >= 0.6 is 21.6 Å². The highest BCUT2D eigenvalue weighted by Crippen LogP contribution is 2.54. The normalized spacial score (nSPS) is 34.0. The molecule has 0 spiro atoms. The predicted molar refractivity (Wildman–Crippen MR) is 148 cm³/mol. The molecular formula is C28H52N2OS2. The second kappa shape index (κ2) is 14.0. The number of unbranched alkanes of at least 4 members (excludes halogenated alkanes) is 2. The van der Waals surface area contributed by atoms with Crippen LogP contribution in [0.25, 0.3) is 0 Å². The second-order valence-electron chi connectivity index (χ2n) is 12.0. The average molecular weight is 497 g/mol. The summed E-state index contributed by atoms with van der Waals surface area (Å²) in [4.78, 5) is 14.7. The number of nitrogens with one attached hydrogen (secondary N) is 1. The van der Waals surface area contributed by atoms with Crippen molar-refractivity contribution in [2.24, 2.45) is 16.7 Å². The van der Waals surface area contributed by atoms with E-state index in [2.05, 4.69) is 41.9 Å². The van der Waals surface area contributed by atoms with Crippen LogP contribution < -0.4 is 5.32 Å². The highest BCUT2D eigenvalue weighted by Gasteiger charge is 2.45. The third-order valence-corrected chi connectivity index (χ3v) is 12.5. The molecule has 4 atom stereocenters. The van der Waals surface area contributed by atoms with E-state index in [4.69, 9.17) is 0 Å². The molecule has 0 bridgehead atoms. The fraction of sp³-hybridized carbons (Fsp3) is 0.964. The summed E-state index contributed by atoms with van der Waals surface area (Å²) in [5.41, 5.74) is 1.04. The highest BCUT2D eigenvalue weighted by atomic mass is 33.1. The lowest BCUT2D eigenvalue weighted by Gasteiger charge is -2.51. The van der Waals surface area contributed by atoms with Crippen molar-refractivity contribution in [3.05, 3.63) is 0 Å². The van der Waals surface area contributed by atoms with Crippen LogP contribution in [0.15, 0.2) is 0 Å². The third kappa shape index (κ3) is 8.94. The minimum atomic E-state index is 0.275. The standard InChI is InChI=1S/C28H52N2OS2/c1-27-17-9-21-30(3)22-19-28(27,2)16-8-11-24(14-18-27)10-6-7-20-29-26(31)13-5-4-12-25-15-23-32-33-25/h24-25H,4-23H2,1-3H3,(H,29,31). The summed E-state index contributed by atoms with van der Waals surface area (Å²) < 4.78 is 0. The van der Waals surface area contributed by atoms with E-state index in [0.29, 0.717) is 10.8 Å². The van der Waals surface area contributed by atoms with E-state index < -0.39 is 0 Å². The van der Waals surface area contributed by atoms with Gasteiger partial charge in [-0.1, -0.05) is 67.5 Å². The Kier molecular flexibility index (Phi) is 11.8. The largest absolute Gasteiger partial charge is 0.356 e. The number of carbonyl (C=O) groups is 1. The Morgan fingerprint density at radius 3 is 2.52 bits per heavy atom. The van der Waals surface area contributed by atoms with Gasteiger partial charge in [0, 0.05) is 24.0 Å². The van der Waals surface area contributed by atoms with Crippen molar-refractivity contribution in [3.63, 3.8) is 0 Å². The van der Waals surface area contributed by atoms with Gasteiger partial charge in [0.1, 0.15) is 0 Å². The van der Waals surface area contributed by atoms with Crippen molar-refractivity contribution in [1.82, 2.24) is 10.2 Å². The Labute approximate surface area is 213 Å². The van der Waals surface area contributed by atoms with Crippen LogP contribution in [0.3, 0.4) is 0 Å². The van der Waals surface area contributed by atoms with Gasteiger partial charge >= 0.3 is 0 Å². The molecule has 2 aliphatic heterocycles. The van der Waals surface area contributed by atoms with Gasteiger partial charge in [0.25, 0.3) is 0 Å². The summed E-state index contributed by atoms with van der Waals surface area (Å²) >= 11 is 0. The quantitative estimate of drug-likeness (QED) is 0.248. The van der Waals surface area contributed by atoms with Crippen LogP contribution in [0.5, 0.6) is 0 Å². The SMILES string of the molecule is CN1CCCC2(C)CCC(CCCCNC(=O)CCCCC3CCSS3)CCCC2(C)CC1. The average Bonchev–Trinajstić information content (AvgIpc) is 3.30. The lowest BCUT2D eigenvalue weighted by molar-refractivity contribution is -0.121. The van der Waals surface area contributed by atoms with Crippen molar-refractivity contribution in [1.29, 1.82) is 0 Å². The van der Waals surface area contributed by atoms with E-state index in [1.807, 2.05) is 10.8 Å². The van der Waals surface area contributed by atoms with Gasteiger partial charge in [-0.25, -0.2) is 0 Å². The van der Waals surface area contributed by atoms with Crippen LogP contribution in [0.1, 0.15) is 117 Å². The number of hydrogen-bond acceptors (Lipinski definition) is 4. The van der Waals surface area contributed by atoms with Crippen LogP contribution in [0, 0.1) is 16.7 Å². The molecule has 5 heteroatoms. The topological polar surface area (TPSA) is 32.3 Å². The van der Waals surface area contributed by atoms with Crippen molar-refractivity contribution < 1.29 is 4.79 Å². The maximum Gasteiger partial charge on any atom is 0.219 e. The molecule has 3 nitrogen and oxygen atoms in total. The summed E-state index contributed by atoms with van der Waals surface area (Å²) in [7, 11) is 6.38. The minimum absolute atomic E-state index is 0.275. The zero-order valence-corrected chi connectivity index (χ0v) is 23.6. The lowest BCUT2D eigenvalue weighted by Crippen LogP contribution is -2.44. The Balaban J connectivity index is 1.27. The molecule has 3 fully saturated rings. The molecule has 192 valence electrons. The molecule has 2 heterocycles. The van der Waals surface area contributed by atoms with Crippen molar-refractivity contribution in [2.75, 3.05) is 32.4 Å². The molecule has 4 unspecified atom stereocenters. The van der Waals surface area contributed by atoms with Gasteiger partial charge < -0.3 is 10.2 Å². The van der Waals surface area contributed by atoms with Crippen LogP contribution in [0.2, 0.25) is 0 Å². The van der Waals surface area contributed by atoms with Gasteiger partial charge in [-0.2, -0.15) is 0 Å². The molecule has 1 saturated carbocycles. The van der Waals surface area contributed by atoms with E-state index in [-0.39, 0.29) is 5.91 Å². The Bertz CT molecular complexity index is 582. The van der Waals surface area contributed by atoms with Crippen LogP contribution in [-0.4, -0.2) is 48.5 Å². The number of rotatable bonds is 10. The number of fused-ring (bicyclic) bond motifs is 1. The summed E-state index contributed by atoms with van der Waals surface area (Å²) in [5, 5.41) is 4.03. The zero-order chi connectivity index (χ0) is 23.6. The number of carbonyl (C=O) groups excluding carboxylic acids is 1. The van der Waals surface area contributed by atoms with Gasteiger partial charge in [-0.3, -0.25) is 4.79 Å². The highest BCUT2D eigenvalue weighted by molar-refractivity contribution is 8.77. The van der Waals surface area contributed by atoms with Gasteiger partial charge in [0.2, 0.25) is 5.91 Å². The number of amides is 1. The van der Waals surface area contributed by atoms with Gasteiger partial charge in [0.05, 0.1) is 0 Å². The maximum atomic E-state index is 12.1. The van der Waals surface area contributed by atoms with E-state index >= 15 is 0 Å². The van der Waals surface area contributed by atoms with Gasteiger partial charge in [-0.15, -0.1) is 0 Å². The first-order chi connectivity index (χ1) is 15.9. The lowest BCUT2D eigenvalue weighted by atomic mass is 9.55. The first kappa shape index (κ1) is 27.7. The molecule has 1 aliphatic carbocycles. The molecule has 3 aliphatic rings. The number of nitrogens with zero attached hydrogens (tertiary/aromatic N) is 1.